The van der Waals surface area contributed by atoms with Crippen LogP contribution < -0.4 is 10.1 Å². The number of hydrogen-bond acceptors (Lipinski definition) is 4. The Hall–Kier alpha value is -3.32. The summed E-state index contributed by atoms with van der Waals surface area (Å²) in [5, 5.41) is 2.98. The van der Waals surface area contributed by atoms with E-state index in [1.54, 1.807) is 16.8 Å². The average Bonchev–Trinajstić information content (AvgIpc) is 3.07. The van der Waals surface area contributed by atoms with Crippen molar-refractivity contribution < 1.29 is 14.3 Å². The molecule has 0 saturated carbocycles. The average molecular weight is 406 g/mol. The van der Waals surface area contributed by atoms with Gasteiger partial charge in [0.1, 0.15) is 11.5 Å². The molecule has 2 aromatic carbocycles. The van der Waals surface area contributed by atoms with E-state index in [-0.39, 0.29) is 11.9 Å². The van der Waals surface area contributed by atoms with Crippen LogP contribution in [-0.4, -0.2) is 67.4 Å². The molecule has 0 spiro atoms. The summed E-state index contributed by atoms with van der Waals surface area (Å²) in [5.41, 5.74) is 2.22. The van der Waals surface area contributed by atoms with Gasteiger partial charge in [-0.3, -0.25) is 9.69 Å². The molecule has 4 rings (SSSR count). The van der Waals surface area contributed by atoms with Crippen LogP contribution in [0.4, 0.5) is 4.79 Å². The Bertz CT molecular complexity index is 987. The minimum Gasteiger partial charge on any atom is -0.457 e. The Morgan fingerprint density at radius 1 is 1.07 bits per heavy atom. The lowest BCUT2D eigenvalue weighted by molar-refractivity contribution is -0.125. The zero-order valence-electron chi connectivity index (χ0n) is 17.5. The summed E-state index contributed by atoms with van der Waals surface area (Å²) < 4.78 is 5.94. The first kappa shape index (κ1) is 20.0. The maximum atomic E-state index is 13.2. The van der Waals surface area contributed by atoms with Gasteiger partial charge in [-0.25, -0.2) is 4.79 Å². The van der Waals surface area contributed by atoms with Crippen LogP contribution in [0.5, 0.6) is 11.5 Å². The fraction of sp³-hybridized carbons (Fsp3) is 0.304. The van der Waals surface area contributed by atoms with E-state index in [9.17, 15) is 9.59 Å². The van der Waals surface area contributed by atoms with Crippen molar-refractivity contribution in [2.75, 3.05) is 40.8 Å². The van der Waals surface area contributed by atoms with Crippen molar-refractivity contribution in [3.8, 4) is 11.5 Å². The van der Waals surface area contributed by atoms with Crippen molar-refractivity contribution in [3.05, 3.63) is 71.4 Å². The minimum absolute atomic E-state index is 0.0296. The van der Waals surface area contributed by atoms with Crippen molar-refractivity contribution >= 4 is 11.9 Å². The number of likely N-dealkylation sites (N-methyl/N-ethyl adjacent to an activating group) is 2. The largest absolute Gasteiger partial charge is 0.457 e. The molecule has 0 fully saturated rings. The minimum atomic E-state index is -0.500. The highest BCUT2D eigenvalue weighted by molar-refractivity contribution is 6.01. The standard InChI is InChI=1S/C23H26N4O3/c1-25(2)12-13-27-15-19-20(22(27)28)21(24-23(29)26(19)3)16-8-7-11-18(14-16)30-17-9-5-4-6-10-17/h4-11,14,21H,12-13,15H2,1-3H3,(H,24,29)/t21-/m0/s1. The molecule has 2 aromatic rings. The zero-order chi connectivity index (χ0) is 21.3. The smallest absolute Gasteiger partial charge is 0.322 e. The molecule has 7 heteroatoms. The van der Waals surface area contributed by atoms with Crippen LogP contribution in [0.15, 0.2) is 65.9 Å². The predicted molar refractivity (Wildman–Crippen MR) is 114 cm³/mol. The zero-order valence-corrected chi connectivity index (χ0v) is 17.5. The molecule has 1 N–H and O–H groups in total. The third kappa shape index (κ3) is 3.89. The van der Waals surface area contributed by atoms with Crippen LogP contribution in [0.2, 0.25) is 0 Å². The number of para-hydroxylation sites is 1. The van der Waals surface area contributed by atoms with Gasteiger partial charge in [0.2, 0.25) is 0 Å². The molecule has 3 amide bonds. The molecule has 30 heavy (non-hydrogen) atoms. The molecule has 1 atom stereocenters. The second-order valence-electron chi connectivity index (χ2n) is 7.82. The van der Waals surface area contributed by atoms with Crippen LogP contribution in [0.25, 0.3) is 0 Å². The van der Waals surface area contributed by atoms with E-state index in [4.69, 9.17) is 4.74 Å². The van der Waals surface area contributed by atoms with E-state index in [2.05, 4.69) is 5.32 Å². The lowest BCUT2D eigenvalue weighted by Crippen LogP contribution is -2.45. The van der Waals surface area contributed by atoms with Gasteiger partial charge >= 0.3 is 6.03 Å². The van der Waals surface area contributed by atoms with Gasteiger partial charge < -0.3 is 19.9 Å². The number of hydrogen-bond donors (Lipinski definition) is 1. The Morgan fingerprint density at radius 3 is 2.53 bits per heavy atom. The number of rotatable bonds is 6. The van der Waals surface area contributed by atoms with Crippen molar-refractivity contribution in [1.82, 2.24) is 20.0 Å². The van der Waals surface area contributed by atoms with Gasteiger partial charge in [0.25, 0.3) is 5.91 Å². The number of nitrogens with one attached hydrogen (secondary N) is 1. The third-order valence-corrected chi connectivity index (χ3v) is 5.42. The lowest BCUT2D eigenvalue weighted by atomic mass is 9.95. The van der Waals surface area contributed by atoms with Crippen LogP contribution in [0, 0.1) is 0 Å². The monoisotopic (exact) mass is 406 g/mol. The van der Waals surface area contributed by atoms with E-state index in [0.717, 1.165) is 23.6 Å². The topological polar surface area (TPSA) is 65.1 Å². The molecule has 0 aromatic heterocycles. The number of benzene rings is 2. The number of amides is 3. The van der Waals surface area contributed by atoms with Gasteiger partial charge in [0.05, 0.1) is 23.9 Å². The molecule has 0 radical (unpaired) electrons. The summed E-state index contributed by atoms with van der Waals surface area (Å²) in [4.78, 5) is 31.2. The molecule has 0 unspecified atom stereocenters. The van der Waals surface area contributed by atoms with Crippen LogP contribution in [0.3, 0.4) is 0 Å². The SMILES string of the molecule is CN(C)CCN1CC2=C(C1=O)[C@H](c1cccc(Oc3ccccc3)c1)NC(=O)N2C. The van der Waals surface area contributed by atoms with Crippen molar-refractivity contribution in [1.29, 1.82) is 0 Å². The van der Waals surface area contributed by atoms with Gasteiger partial charge in [-0.05, 0) is 43.9 Å². The van der Waals surface area contributed by atoms with Crippen LogP contribution in [-0.2, 0) is 4.79 Å². The summed E-state index contributed by atoms with van der Waals surface area (Å²) in [5.74, 6) is 1.36. The summed E-state index contributed by atoms with van der Waals surface area (Å²) >= 11 is 0. The van der Waals surface area contributed by atoms with Crippen molar-refractivity contribution in [3.63, 3.8) is 0 Å². The van der Waals surface area contributed by atoms with E-state index >= 15 is 0 Å². The van der Waals surface area contributed by atoms with Gasteiger partial charge in [-0.2, -0.15) is 0 Å². The third-order valence-electron chi connectivity index (χ3n) is 5.42. The second kappa shape index (κ2) is 8.20. The van der Waals surface area contributed by atoms with E-state index in [0.29, 0.717) is 24.4 Å². The lowest BCUT2D eigenvalue weighted by Gasteiger charge is -2.31. The Kier molecular flexibility index (Phi) is 5.46. The Morgan fingerprint density at radius 2 is 1.80 bits per heavy atom. The number of carbonyl (C=O) groups excluding carboxylic acids is 2. The van der Waals surface area contributed by atoms with Gasteiger partial charge in [-0.1, -0.05) is 30.3 Å². The first-order valence-electron chi connectivity index (χ1n) is 9.98. The first-order valence-corrected chi connectivity index (χ1v) is 9.98. The molecule has 156 valence electrons. The van der Waals surface area contributed by atoms with Gasteiger partial charge in [0, 0.05) is 20.1 Å². The predicted octanol–water partition coefficient (Wildman–Crippen LogP) is 2.83. The molecule has 2 heterocycles. The van der Waals surface area contributed by atoms with Gasteiger partial charge in [0.15, 0.2) is 0 Å². The fourth-order valence-electron chi connectivity index (χ4n) is 3.76. The fourth-order valence-corrected chi connectivity index (χ4v) is 3.76. The van der Waals surface area contributed by atoms with Crippen molar-refractivity contribution in [2.45, 2.75) is 6.04 Å². The summed E-state index contributed by atoms with van der Waals surface area (Å²) in [6, 6.07) is 16.3. The molecule has 2 aliphatic rings. The highest BCUT2D eigenvalue weighted by Crippen LogP contribution is 2.36. The van der Waals surface area contributed by atoms with E-state index in [1.807, 2.05) is 73.6 Å². The molecule has 2 aliphatic heterocycles. The Balaban J connectivity index is 1.63. The number of nitrogens with zero attached hydrogens (tertiary/aromatic N) is 3. The maximum Gasteiger partial charge on any atom is 0.322 e. The summed E-state index contributed by atoms with van der Waals surface area (Å²) in [7, 11) is 5.66. The quantitative estimate of drug-likeness (QED) is 0.801. The van der Waals surface area contributed by atoms with E-state index < -0.39 is 6.04 Å². The molecule has 7 nitrogen and oxygen atoms in total. The second-order valence-corrected chi connectivity index (χ2v) is 7.82. The summed E-state index contributed by atoms with van der Waals surface area (Å²) in [6.45, 7) is 1.83. The highest BCUT2D eigenvalue weighted by atomic mass is 16.5. The number of ether oxygens (including phenoxy) is 1. The van der Waals surface area contributed by atoms with Crippen LogP contribution >= 0.6 is 0 Å². The first-order chi connectivity index (χ1) is 14.4. The van der Waals surface area contributed by atoms with Gasteiger partial charge in [-0.15, -0.1) is 0 Å². The molecular formula is C23H26N4O3. The number of urea groups is 1. The maximum absolute atomic E-state index is 13.2. The number of carbonyl (C=O) groups is 2. The molecule has 0 saturated heterocycles. The highest BCUT2D eigenvalue weighted by Gasteiger charge is 2.42. The summed E-state index contributed by atoms with van der Waals surface area (Å²) in [6.07, 6.45) is 0. The molecular weight excluding hydrogens is 380 g/mol. The van der Waals surface area contributed by atoms with E-state index in [1.165, 1.54) is 0 Å². The normalized spacial score (nSPS) is 18.7. The molecule has 0 bridgehead atoms. The molecule has 0 aliphatic carbocycles. The Labute approximate surface area is 176 Å². The van der Waals surface area contributed by atoms with Crippen LogP contribution in [0.1, 0.15) is 11.6 Å². The van der Waals surface area contributed by atoms with Crippen molar-refractivity contribution in [2.24, 2.45) is 0 Å².